The number of sulfone groups is 2. The van der Waals surface area contributed by atoms with Gasteiger partial charge in [-0.25, -0.2) is 26.8 Å². The Labute approximate surface area is 165 Å². The molecule has 3 aromatic rings. The largest absolute Gasteiger partial charge is 0.383 e. The predicted octanol–water partition coefficient (Wildman–Crippen LogP) is 2.72. The van der Waals surface area contributed by atoms with Crippen LogP contribution in [0.2, 0.25) is 0 Å². The Morgan fingerprint density at radius 1 is 0.889 bits per heavy atom. The molecule has 0 bridgehead atoms. The monoisotopic (exact) mass is 467 g/mol. The molecule has 140 valence electrons. The van der Waals surface area contributed by atoms with Gasteiger partial charge in [0.1, 0.15) is 5.82 Å². The Morgan fingerprint density at radius 3 is 2.04 bits per heavy atom. The van der Waals surface area contributed by atoms with Crippen molar-refractivity contribution in [3.63, 3.8) is 0 Å². The van der Waals surface area contributed by atoms with Crippen LogP contribution >= 0.6 is 15.9 Å². The summed E-state index contributed by atoms with van der Waals surface area (Å²) in [6.07, 6.45) is 0.889. The highest BCUT2D eigenvalue weighted by molar-refractivity contribution is 9.10. The van der Waals surface area contributed by atoms with Gasteiger partial charge in [-0.15, -0.1) is 0 Å². The molecular weight excluding hydrogens is 454 g/mol. The van der Waals surface area contributed by atoms with E-state index in [9.17, 15) is 16.8 Å². The molecule has 0 aliphatic rings. The summed E-state index contributed by atoms with van der Waals surface area (Å²) < 4.78 is 51.0. The minimum absolute atomic E-state index is 0.0269. The zero-order chi connectivity index (χ0) is 19.8. The molecule has 0 amide bonds. The molecular formula is C17H14BrN3O4S2. The van der Waals surface area contributed by atoms with E-state index in [1.165, 1.54) is 12.1 Å². The van der Waals surface area contributed by atoms with Crippen LogP contribution < -0.4 is 5.73 Å². The van der Waals surface area contributed by atoms with Crippen molar-refractivity contribution in [2.24, 2.45) is 0 Å². The number of hydrogen-bond donors (Lipinski definition) is 1. The van der Waals surface area contributed by atoms with Crippen molar-refractivity contribution in [2.45, 2.75) is 15.1 Å². The molecule has 2 aromatic carbocycles. The van der Waals surface area contributed by atoms with E-state index in [-0.39, 0.29) is 16.3 Å². The summed E-state index contributed by atoms with van der Waals surface area (Å²) in [5.74, 6) is -0.234. The van der Waals surface area contributed by atoms with Crippen LogP contribution in [0.1, 0.15) is 0 Å². The molecule has 0 spiro atoms. The molecule has 0 aliphatic heterocycles. The molecule has 7 nitrogen and oxygen atoms in total. The molecule has 0 unspecified atom stereocenters. The van der Waals surface area contributed by atoms with E-state index in [4.69, 9.17) is 5.73 Å². The molecule has 0 aliphatic carbocycles. The Kier molecular flexibility index (Phi) is 5.06. The fourth-order valence-corrected chi connectivity index (χ4v) is 4.68. The summed E-state index contributed by atoms with van der Waals surface area (Å²) in [7, 11) is -8.01. The number of nitrogens with zero attached hydrogens (tertiary/aromatic N) is 2. The van der Waals surface area contributed by atoms with Crippen molar-refractivity contribution in [3.8, 4) is 11.1 Å². The molecule has 3 rings (SSSR count). The van der Waals surface area contributed by atoms with E-state index < -0.39 is 29.9 Å². The average Bonchev–Trinajstić information content (AvgIpc) is 2.62. The summed E-state index contributed by atoms with van der Waals surface area (Å²) in [5.41, 5.74) is 6.48. The summed E-state index contributed by atoms with van der Waals surface area (Å²) in [4.78, 5) is 7.66. The smallest absolute Gasteiger partial charge is 0.250 e. The number of nitrogen functional groups attached to an aromatic ring is 1. The van der Waals surface area contributed by atoms with Crippen LogP contribution in [0.25, 0.3) is 11.1 Å². The molecule has 0 atom stereocenters. The molecule has 10 heteroatoms. The van der Waals surface area contributed by atoms with Gasteiger partial charge >= 0.3 is 0 Å². The lowest BCUT2D eigenvalue weighted by Crippen LogP contribution is -2.15. The Morgan fingerprint density at radius 2 is 1.48 bits per heavy atom. The average molecular weight is 468 g/mol. The number of nitrogens with two attached hydrogens (primary N) is 1. The van der Waals surface area contributed by atoms with Crippen LogP contribution in [-0.2, 0) is 19.7 Å². The maximum absolute atomic E-state index is 13.2. The molecule has 2 N–H and O–H groups in total. The van der Waals surface area contributed by atoms with E-state index in [1.807, 2.05) is 0 Å². The van der Waals surface area contributed by atoms with Gasteiger partial charge in [0.2, 0.25) is 24.8 Å². The van der Waals surface area contributed by atoms with Crippen LogP contribution in [0.3, 0.4) is 0 Å². The van der Waals surface area contributed by atoms with Gasteiger partial charge in [-0.1, -0.05) is 46.3 Å². The zero-order valence-electron chi connectivity index (χ0n) is 14.0. The van der Waals surface area contributed by atoms with Gasteiger partial charge in [0.05, 0.1) is 10.5 Å². The third-order valence-corrected chi connectivity index (χ3v) is 6.73. The number of rotatable bonds is 4. The van der Waals surface area contributed by atoms with Crippen LogP contribution in [0.15, 0.2) is 74.1 Å². The van der Waals surface area contributed by atoms with E-state index in [0.717, 1.165) is 10.7 Å². The number of anilines is 1. The topological polar surface area (TPSA) is 120 Å². The Hall–Kier alpha value is -2.30. The molecule has 1 aromatic heterocycles. The van der Waals surface area contributed by atoms with Crippen LogP contribution in [0.5, 0.6) is 0 Å². The number of benzene rings is 2. The highest BCUT2D eigenvalue weighted by Crippen LogP contribution is 2.34. The van der Waals surface area contributed by atoms with Crippen LogP contribution in [-0.4, -0.2) is 33.1 Å². The predicted molar refractivity (Wildman–Crippen MR) is 105 cm³/mol. The fourth-order valence-electron chi connectivity index (χ4n) is 2.40. The van der Waals surface area contributed by atoms with E-state index in [0.29, 0.717) is 5.56 Å². The first-order chi connectivity index (χ1) is 12.6. The number of halogens is 1. The van der Waals surface area contributed by atoms with Crippen molar-refractivity contribution >= 4 is 41.4 Å². The van der Waals surface area contributed by atoms with Crippen molar-refractivity contribution in [1.82, 2.24) is 9.97 Å². The second-order valence-corrected chi connectivity index (χ2v) is 10.4. The van der Waals surface area contributed by atoms with Gasteiger partial charge in [0.15, 0.2) is 5.03 Å². The SMILES string of the molecule is CS(=O)(=O)c1nc(N)c(-c2ccc(Br)cc2)c(S(=O)(=O)c2ccccc2)n1. The lowest BCUT2D eigenvalue weighted by Gasteiger charge is -2.13. The van der Waals surface area contributed by atoms with Crippen LogP contribution in [0.4, 0.5) is 5.82 Å². The normalized spacial score (nSPS) is 12.1. The van der Waals surface area contributed by atoms with E-state index >= 15 is 0 Å². The summed E-state index contributed by atoms with van der Waals surface area (Å²) in [6.45, 7) is 0. The second kappa shape index (κ2) is 7.02. The summed E-state index contributed by atoms with van der Waals surface area (Å²) in [5, 5.41) is -1.10. The van der Waals surface area contributed by atoms with Gasteiger partial charge in [-0.2, -0.15) is 0 Å². The summed E-state index contributed by atoms with van der Waals surface area (Å²) >= 11 is 3.31. The van der Waals surface area contributed by atoms with Gasteiger partial charge in [0, 0.05) is 10.7 Å². The van der Waals surface area contributed by atoms with Crippen molar-refractivity contribution in [2.75, 3.05) is 12.0 Å². The van der Waals surface area contributed by atoms with Gasteiger partial charge in [0.25, 0.3) is 0 Å². The molecule has 1 heterocycles. The first-order valence-electron chi connectivity index (χ1n) is 7.54. The molecule has 0 saturated heterocycles. The molecule has 0 fully saturated rings. The van der Waals surface area contributed by atoms with Crippen LogP contribution in [0, 0.1) is 0 Å². The molecule has 0 saturated carbocycles. The molecule has 27 heavy (non-hydrogen) atoms. The quantitative estimate of drug-likeness (QED) is 0.462. The van der Waals surface area contributed by atoms with E-state index in [1.54, 1.807) is 42.5 Å². The maximum Gasteiger partial charge on any atom is 0.250 e. The minimum atomic E-state index is -4.14. The third-order valence-electron chi connectivity index (χ3n) is 3.66. The minimum Gasteiger partial charge on any atom is -0.383 e. The highest BCUT2D eigenvalue weighted by atomic mass is 79.9. The number of hydrogen-bond acceptors (Lipinski definition) is 7. The Balaban J connectivity index is 2.39. The third kappa shape index (κ3) is 3.87. The Bertz CT molecular complexity index is 1210. The fraction of sp³-hybridized carbons (Fsp3) is 0.0588. The first-order valence-corrected chi connectivity index (χ1v) is 11.7. The van der Waals surface area contributed by atoms with E-state index in [2.05, 4.69) is 25.9 Å². The zero-order valence-corrected chi connectivity index (χ0v) is 17.2. The first kappa shape index (κ1) is 19.5. The lowest BCUT2D eigenvalue weighted by atomic mass is 10.1. The number of aromatic nitrogens is 2. The lowest BCUT2D eigenvalue weighted by molar-refractivity contribution is 0.583. The van der Waals surface area contributed by atoms with Crippen molar-refractivity contribution < 1.29 is 16.8 Å². The maximum atomic E-state index is 13.2. The van der Waals surface area contributed by atoms with Crippen molar-refractivity contribution in [3.05, 3.63) is 59.1 Å². The standard InChI is InChI=1S/C17H14BrN3O4S2/c1-26(22,23)17-20-15(19)14(11-7-9-12(18)10-8-11)16(21-17)27(24,25)13-5-3-2-4-6-13/h2-10H,1H3,(H2,19,20,21). The van der Waals surface area contributed by atoms with Crippen molar-refractivity contribution in [1.29, 1.82) is 0 Å². The van der Waals surface area contributed by atoms with Gasteiger partial charge in [-0.3, -0.25) is 0 Å². The van der Waals surface area contributed by atoms with Gasteiger partial charge in [-0.05, 0) is 29.8 Å². The van der Waals surface area contributed by atoms with Gasteiger partial charge < -0.3 is 5.73 Å². The highest BCUT2D eigenvalue weighted by Gasteiger charge is 2.29. The summed E-state index contributed by atoms with van der Waals surface area (Å²) in [6, 6.07) is 14.3. The second-order valence-electron chi connectivity index (χ2n) is 5.67. The molecule has 0 radical (unpaired) electrons.